The predicted molar refractivity (Wildman–Crippen MR) is 79.0 cm³/mol. The second kappa shape index (κ2) is 6.38. The molecule has 0 aromatic heterocycles. The summed E-state index contributed by atoms with van der Waals surface area (Å²) >= 11 is 0. The summed E-state index contributed by atoms with van der Waals surface area (Å²) in [4.78, 5) is 0. The van der Waals surface area contributed by atoms with E-state index in [-0.39, 0.29) is 0 Å². The van der Waals surface area contributed by atoms with Gasteiger partial charge in [0.15, 0.2) is 0 Å². The van der Waals surface area contributed by atoms with Crippen LogP contribution in [-0.4, -0.2) is 12.6 Å². The highest BCUT2D eigenvalue weighted by Crippen LogP contribution is 2.29. The smallest absolute Gasteiger partial charge is 0.00985 e. The highest BCUT2D eigenvalue weighted by molar-refractivity contribution is 5.30. The molecule has 1 aromatic rings. The van der Waals surface area contributed by atoms with Crippen molar-refractivity contribution < 1.29 is 0 Å². The molecule has 1 saturated carbocycles. The minimum atomic E-state index is 0.756. The van der Waals surface area contributed by atoms with Crippen molar-refractivity contribution in [1.82, 2.24) is 5.32 Å². The fourth-order valence-electron chi connectivity index (χ4n) is 3.11. The first-order valence-electron chi connectivity index (χ1n) is 7.50. The first kappa shape index (κ1) is 13.6. The Morgan fingerprint density at radius 3 is 2.72 bits per heavy atom. The van der Waals surface area contributed by atoms with Crippen molar-refractivity contribution in [3.05, 3.63) is 34.9 Å². The third-order valence-corrected chi connectivity index (χ3v) is 4.38. The van der Waals surface area contributed by atoms with Crippen molar-refractivity contribution in [3.8, 4) is 0 Å². The Bertz CT molecular complexity index is 383. The molecule has 0 bridgehead atoms. The topological polar surface area (TPSA) is 12.0 Å². The highest BCUT2D eigenvalue weighted by atomic mass is 14.9. The van der Waals surface area contributed by atoms with Gasteiger partial charge in [0.05, 0.1) is 0 Å². The van der Waals surface area contributed by atoms with Crippen LogP contribution in [0.2, 0.25) is 0 Å². The van der Waals surface area contributed by atoms with E-state index in [1.165, 1.54) is 55.3 Å². The third-order valence-electron chi connectivity index (χ3n) is 4.38. The van der Waals surface area contributed by atoms with Crippen molar-refractivity contribution in [2.75, 3.05) is 6.54 Å². The molecule has 0 saturated heterocycles. The molecule has 18 heavy (non-hydrogen) atoms. The summed E-state index contributed by atoms with van der Waals surface area (Å²) in [5.41, 5.74) is 4.36. The Kier molecular flexibility index (Phi) is 4.82. The molecule has 1 aromatic carbocycles. The standard InChI is InChI=1S/C17H27N/c1-4-10-18-17-7-5-6-16(17)12-15-9-8-13(2)14(3)11-15/h8-9,11,16-18H,4-7,10,12H2,1-3H3. The molecular weight excluding hydrogens is 218 g/mol. The van der Waals surface area contributed by atoms with Crippen LogP contribution in [0.25, 0.3) is 0 Å². The molecule has 1 fully saturated rings. The maximum absolute atomic E-state index is 3.73. The molecular formula is C17H27N. The second-order valence-electron chi connectivity index (χ2n) is 5.87. The number of rotatable bonds is 5. The number of benzene rings is 1. The first-order valence-corrected chi connectivity index (χ1v) is 7.50. The minimum Gasteiger partial charge on any atom is -0.314 e. The summed E-state index contributed by atoms with van der Waals surface area (Å²) in [5, 5.41) is 3.73. The van der Waals surface area contributed by atoms with Crippen LogP contribution in [0.3, 0.4) is 0 Å². The van der Waals surface area contributed by atoms with Crippen LogP contribution in [0.5, 0.6) is 0 Å². The van der Waals surface area contributed by atoms with Crippen LogP contribution < -0.4 is 5.32 Å². The van der Waals surface area contributed by atoms with Gasteiger partial charge in [0.25, 0.3) is 0 Å². The van der Waals surface area contributed by atoms with Gasteiger partial charge in [-0.1, -0.05) is 31.5 Å². The Balaban J connectivity index is 1.96. The minimum absolute atomic E-state index is 0.756. The summed E-state index contributed by atoms with van der Waals surface area (Å²) in [7, 11) is 0. The molecule has 1 N–H and O–H groups in total. The van der Waals surface area contributed by atoms with Gasteiger partial charge >= 0.3 is 0 Å². The average Bonchev–Trinajstić information content (AvgIpc) is 2.79. The van der Waals surface area contributed by atoms with E-state index in [0.717, 1.165) is 12.0 Å². The lowest BCUT2D eigenvalue weighted by molar-refractivity contribution is 0.399. The zero-order chi connectivity index (χ0) is 13.0. The summed E-state index contributed by atoms with van der Waals surface area (Å²) in [5.74, 6) is 0.846. The molecule has 2 atom stereocenters. The second-order valence-corrected chi connectivity index (χ2v) is 5.87. The summed E-state index contributed by atoms with van der Waals surface area (Å²) in [6, 6.07) is 7.72. The number of hydrogen-bond acceptors (Lipinski definition) is 1. The molecule has 0 spiro atoms. The first-order chi connectivity index (χ1) is 8.70. The normalized spacial score (nSPS) is 23.5. The van der Waals surface area contributed by atoms with E-state index < -0.39 is 0 Å². The largest absolute Gasteiger partial charge is 0.314 e. The fraction of sp³-hybridized carbons (Fsp3) is 0.647. The van der Waals surface area contributed by atoms with Gasteiger partial charge in [0.2, 0.25) is 0 Å². The van der Waals surface area contributed by atoms with Crippen LogP contribution in [0.15, 0.2) is 18.2 Å². The van der Waals surface area contributed by atoms with Crippen molar-refractivity contribution in [2.24, 2.45) is 5.92 Å². The lowest BCUT2D eigenvalue weighted by atomic mass is 9.93. The SMILES string of the molecule is CCCNC1CCCC1Cc1ccc(C)c(C)c1. The van der Waals surface area contributed by atoms with E-state index in [4.69, 9.17) is 0 Å². The van der Waals surface area contributed by atoms with Crippen molar-refractivity contribution >= 4 is 0 Å². The van der Waals surface area contributed by atoms with Gasteiger partial charge in [0, 0.05) is 6.04 Å². The summed E-state index contributed by atoms with van der Waals surface area (Å²) in [6.45, 7) is 7.84. The molecule has 0 amide bonds. The van der Waals surface area contributed by atoms with Gasteiger partial charge in [-0.2, -0.15) is 0 Å². The Morgan fingerprint density at radius 1 is 1.17 bits per heavy atom. The zero-order valence-electron chi connectivity index (χ0n) is 12.1. The summed E-state index contributed by atoms with van der Waals surface area (Å²) in [6.07, 6.45) is 6.66. The van der Waals surface area contributed by atoms with E-state index in [0.29, 0.717) is 0 Å². The maximum Gasteiger partial charge on any atom is 0.00985 e. The van der Waals surface area contributed by atoms with Gasteiger partial charge in [-0.25, -0.2) is 0 Å². The van der Waals surface area contributed by atoms with Gasteiger partial charge in [-0.15, -0.1) is 0 Å². The molecule has 2 rings (SSSR count). The van der Waals surface area contributed by atoms with Crippen LogP contribution in [-0.2, 0) is 6.42 Å². The van der Waals surface area contributed by atoms with Crippen molar-refractivity contribution in [1.29, 1.82) is 0 Å². The molecule has 1 aliphatic carbocycles. The number of aryl methyl sites for hydroxylation is 2. The van der Waals surface area contributed by atoms with E-state index >= 15 is 0 Å². The van der Waals surface area contributed by atoms with Gasteiger partial charge in [-0.3, -0.25) is 0 Å². The van der Waals surface area contributed by atoms with Crippen LogP contribution >= 0.6 is 0 Å². The van der Waals surface area contributed by atoms with E-state index in [2.05, 4.69) is 44.3 Å². The lowest BCUT2D eigenvalue weighted by Gasteiger charge is -2.21. The summed E-state index contributed by atoms with van der Waals surface area (Å²) < 4.78 is 0. The van der Waals surface area contributed by atoms with E-state index in [1.807, 2.05) is 0 Å². The van der Waals surface area contributed by atoms with Crippen LogP contribution in [0.4, 0.5) is 0 Å². The fourth-order valence-corrected chi connectivity index (χ4v) is 3.11. The zero-order valence-corrected chi connectivity index (χ0v) is 12.1. The maximum atomic E-state index is 3.73. The van der Waals surface area contributed by atoms with Crippen molar-refractivity contribution in [3.63, 3.8) is 0 Å². The van der Waals surface area contributed by atoms with Crippen LogP contribution in [0.1, 0.15) is 49.3 Å². The lowest BCUT2D eigenvalue weighted by Crippen LogP contribution is -2.33. The van der Waals surface area contributed by atoms with Crippen molar-refractivity contribution in [2.45, 2.75) is 58.9 Å². The number of nitrogens with one attached hydrogen (secondary N) is 1. The van der Waals surface area contributed by atoms with Gasteiger partial charge in [0.1, 0.15) is 0 Å². The van der Waals surface area contributed by atoms with E-state index in [1.54, 1.807) is 0 Å². The third kappa shape index (κ3) is 3.35. The van der Waals surface area contributed by atoms with E-state index in [9.17, 15) is 0 Å². The molecule has 1 heteroatoms. The Labute approximate surface area is 112 Å². The molecule has 0 aliphatic heterocycles. The molecule has 0 heterocycles. The monoisotopic (exact) mass is 245 g/mol. The molecule has 100 valence electrons. The predicted octanol–water partition coefficient (Wildman–Crippen LogP) is 4.01. The number of hydrogen-bond donors (Lipinski definition) is 1. The quantitative estimate of drug-likeness (QED) is 0.826. The molecule has 0 radical (unpaired) electrons. The molecule has 2 unspecified atom stereocenters. The highest BCUT2D eigenvalue weighted by Gasteiger charge is 2.26. The average molecular weight is 245 g/mol. The Morgan fingerprint density at radius 2 is 2.00 bits per heavy atom. The van der Waals surface area contributed by atoms with Gasteiger partial charge in [-0.05, 0) is 68.7 Å². The van der Waals surface area contributed by atoms with Crippen LogP contribution in [0, 0.1) is 19.8 Å². The molecule has 1 aliphatic rings. The van der Waals surface area contributed by atoms with Gasteiger partial charge < -0.3 is 5.32 Å². The Hall–Kier alpha value is -0.820. The molecule has 1 nitrogen and oxygen atoms in total.